The van der Waals surface area contributed by atoms with Gasteiger partial charge in [0, 0.05) is 5.56 Å². The van der Waals surface area contributed by atoms with Gasteiger partial charge in [0.15, 0.2) is 0 Å². The number of aryl methyl sites for hydroxylation is 1. The zero-order valence-corrected chi connectivity index (χ0v) is 13.1. The summed E-state index contributed by atoms with van der Waals surface area (Å²) in [6.07, 6.45) is 0. The number of rotatable bonds is 1. The van der Waals surface area contributed by atoms with Crippen LogP contribution in [0.2, 0.25) is 0 Å². The van der Waals surface area contributed by atoms with Crippen molar-refractivity contribution in [3.8, 4) is 5.75 Å². The number of nitrogens with zero attached hydrogens (tertiary/aromatic N) is 2. The fourth-order valence-corrected chi connectivity index (χ4v) is 3.42. The number of fused-ring (bicyclic) bond motifs is 3. The number of nitrogens with two attached hydrogens (primary N) is 1. The molecular formula is C18H16FN3O2. The van der Waals surface area contributed by atoms with E-state index in [0.29, 0.717) is 23.6 Å². The first-order chi connectivity index (χ1) is 11.5. The maximum atomic E-state index is 13.7. The Balaban J connectivity index is 1.83. The molecule has 0 aromatic heterocycles. The maximum absolute atomic E-state index is 13.7. The Kier molecular flexibility index (Phi) is 3.26. The van der Waals surface area contributed by atoms with Gasteiger partial charge < -0.3 is 10.5 Å². The van der Waals surface area contributed by atoms with Crippen LogP contribution in [0.15, 0.2) is 47.6 Å². The van der Waals surface area contributed by atoms with Gasteiger partial charge in [-0.25, -0.2) is 14.2 Å². The second-order valence-electron chi connectivity index (χ2n) is 6.09. The Morgan fingerprint density at radius 1 is 1.33 bits per heavy atom. The van der Waals surface area contributed by atoms with Crippen LogP contribution in [0, 0.1) is 18.7 Å². The van der Waals surface area contributed by atoms with Crippen LogP contribution in [-0.2, 0) is 0 Å². The van der Waals surface area contributed by atoms with Crippen LogP contribution >= 0.6 is 0 Å². The first-order valence-corrected chi connectivity index (χ1v) is 7.71. The van der Waals surface area contributed by atoms with E-state index in [2.05, 4.69) is 5.10 Å². The summed E-state index contributed by atoms with van der Waals surface area (Å²) in [7, 11) is 0. The molecule has 2 aromatic carbocycles. The first-order valence-electron chi connectivity index (χ1n) is 7.71. The quantitative estimate of drug-likeness (QED) is 0.876. The van der Waals surface area contributed by atoms with E-state index in [-0.39, 0.29) is 17.8 Å². The molecule has 0 radical (unpaired) electrons. The minimum Gasteiger partial charge on any atom is -0.492 e. The minimum absolute atomic E-state index is 0.186. The Morgan fingerprint density at radius 3 is 2.92 bits per heavy atom. The van der Waals surface area contributed by atoms with E-state index in [9.17, 15) is 9.18 Å². The van der Waals surface area contributed by atoms with Crippen molar-refractivity contribution < 1.29 is 13.9 Å². The third-order valence-electron chi connectivity index (χ3n) is 4.46. The van der Waals surface area contributed by atoms with Crippen molar-refractivity contribution in [1.82, 2.24) is 5.01 Å². The average Bonchev–Trinajstić information content (AvgIpc) is 2.95. The largest absolute Gasteiger partial charge is 0.492 e. The van der Waals surface area contributed by atoms with Crippen LogP contribution in [0.5, 0.6) is 5.75 Å². The molecule has 4 rings (SSSR count). The molecule has 2 aliphatic rings. The Labute approximate surface area is 138 Å². The lowest BCUT2D eigenvalue weighted by molar-refractivity contribution is 0.168. The van der Waals surface area contributed by atoms with Crippen LogP contribution in [0.4, 0.5) is 9.18 Å². The van der Waals surface area contributed by atoms with Gasteiger partial charge in [0.25, 0.3) is 0 Å². The maximum Gasteiger partial charge on any atom is 0.335 e. The second-order valence-corrected chi connectivity index (χ2v) is 6.09. The highest BCUT2D eigenvalue weighted by Gasteiger charge is 2.44. The summed E-state index contributed by atoms with van der Waals surface area (Å²) in [6.45, 7) is 2.34. The van der Waals surface area contributed by atoms with Gasteiger partial charge >= 0.3 is 6.03 Å². The fourth-order valence-electron chi connectivity index (χ4n) is 3.42. The molecule has 2 atom stereocenters. The molecule has 2 aliphatic heterocycles. The van der Waals surface area contributed by atoms with Crippen molar-refractivity contribution in [1.29, 1.82) is 0 Å². The number of carbonyl (C=O) groups excluding carboxylic acids is 1. The van der Waals surface area contributed by atoms with Crippen LogP contribution in [0.1, 0.15) is 22.7 Å². The van der Waals surface area contributed by atoms with Crippen LogP contribution in [-0.4, -0.2) is 23.4 Å². The highest BCUT2D eigenvalue weighted by Crippen LogP contribution is 2.42. The fraction of sp³-hybridized carbons (Fsp3) is 0.222. The molecule has 0 fully saturated rings. The molecule has 2 amide bonds. The van der Waals surface area contributed by atoms with E-state index >= 15 is 0 Å². The Bertz CT molecular complexity index is 865. The molecule has 2 N–H and O–H groups in total. The molecule has 1 unspecified atom stereocenters. The van der Waals surface area contributed by atoms with Gasteiger partial charge in [-0.1, -0.05) is 29.8 Å². The van der Waals surface area contributed by atoms with Gasteiger partial charge in [-0.05, 0) is 30.7 Å². The summed E-state index contributed by atoms with van der Waals surface area (Å²) >= 11 is 0. The van der Waals surface area contributed by atoms with Crippen molar-refractivity contribution in [3.05, 3.63) is 65.0 Å². The topological polar surface area (TPSA) is 67.9 Å². The molecule has 2 aromatic rings. The third-order valence-corrected chi connectivity index (χ3v) is 4.46. The van der Waals surface area contributed by atoms with E-state index in [4.69, 9.17) is 10.5 Å². The van der Waals surface area contributed by atoms with E-state index in [1.807, 2.05) is 31.2 Å². The Morgan fingerprint density at radius 2 is 2.17 bits per heavy atom. The van der Waals surface area contributed by atoms with E-state index < -0.39 is 6.03 Å². The van der Waals surface area contributed by atoms with Crippen molar-refractivity contribution in [2.45, 2.75) is 13.0 Å². The third kappa shape index (κ3) is 2.22. The van der Waals surface area contributed by atoms with Gasteiger partial charge in [-0.3, -0.25) is 0 Å². The number of halogens is 1. The Hall–Kier alpha value is -2.89. The van der Waals surface area contributed by atoms with Crippen molar-refractivity contribution in [2.24, 2.45) is 16.8 Å². The molecule has 0 spiro atoms. The van der Waals surface area contributed by atoms with E-state index in [1.54, 1.807) is 6.07 Å². The molecule has 0 saturated carbocycles. The van der Waals surface area contributed by atoms with Crippen LogP contribution in [0.25, 0.3) is 0 Å². The number of amides is 2. The van der Waals surface area contributed by atoms with Gasteiger partial charge in [0.05, 0.1) is 24.3 Å². The number of urea groups is 1. The lowest BCUT2D eigenvalue weighted by atomic mass is 9.85. The van der Waals surface area contributed by atoms with Crippen molar-refractivity contribution >= 4 is 11.7 Å². The summed E-state index contributed by atoms with van der Waals surface area (Å²) in [5.41, 5.74) is 8.76. The van der Waals surface area contributed by atoms with E-state index in [0.717, 1.165) is 11.1 Å². The van der Waals surface area contributed by atoms with Crippen LogP contribution in [0.3, 0.4) is 0 Å². The second kappa shape index (κ2) is 5.33. The molecule has 24 heavy (non-hydrogen) atoms. The average molecular weight is 325 g/mol. The molecule has 6 heteroatoms. The molecule has 0 bridgehead atoms. The molecule has 122 valence electrons. The summed E-state index contributed by atoms with van der Waals surface area (Å²) in [5.74, 6) is 0.0136. The number of benzene rings is 2. The smallest absolute Gasteiger partial charge is 0.335 e. The standard InChI is InChI=1S/C18H16FN3O2/c1-10-3-2-4-11(7-10)17-14-9-24-15-6-5-12(19)8-13(15)16(14)21-22(17)18(20)23/h2-8,14,17H,9H2,1H3,(H2,20,23)/t14?,17-/m1/s1. The lowest BCUT2D eigenvalue weighted by Gasteiger charge is -2.29. The van der Waals surface area contributed by atoms with Crippen molar-refractivity contribution in [3.63, 3.8) is 0 Å². The van der Waals surface area contributed by atoms with Gasteiger partial charge in [0.1, 0.15) is 11.6 Å². The van der Waals surface area contributed by atoms with Crippen LogP contribution < -0.4 is 10.5 Å². The van der Waals surface area contributed by atoms with Gasteiger partial charge in [0.2, 0.25) is 0 Å². The summed E-state index contributed by atoms with van der Waals surface area (Å²) in [4.78, 5) is 11.9. The normalized spacial score (nSPS) is 21.6. The summed E-state index contributed by atoms with van der Waals surface area (Å²) in [5, 5.41) is 5.68. The highest BCUT2D eigenvalue weighted by molar-refractivity contribution is 6.07. The summed E-state index contributed by atoms with van der Waals surface area (Å²) in [6, 6.07) is 11.2. The molecule has 0 aliphatic carbocycles. The van der Waals surface area contributed by atoms with Gasteiger partial charge in [-0.15, -0.1) is 0 Å². The summed E-state index contributed by atoms with van der Waals surface area (Å²) < 4.78 is 19.4. The number of hydrogen-bond acceptors (Lipinski definition) is 3. The molecular weight excluding hydrogens is 309 g/mol. The number of hydrazone groups is 1. The van der Waals surface area contributed by atoms with Gasteiger partial charge in [-0.2, -0.15) is 5.10 Å². The molecule has 2 heterocycles. The zero-order chi connectivity index (χ0) is 16.8. The van der Waals surface area contributed by atoms with E-state index in [1.165, 1.54) is 17.1 Å². The predicted molar refractivity (Wildman–Crippen MR) is 87.3 cm³/mol. The number of primary amides is 1. The molecule has 5 nitrogen and oxygen atoms in total. The molecule has 0 saturated heterocycles. The number of carbonyl (C=O) groups is 1. The number of hydrogen-bond donors (Lipinski definition) is 1. The zero-order valence-electron chi connectivity index (χ0n) is 13.1. The lowest BCUT2D eigenvalue weighted by Crippen LogP contribution is -2.37. The predicted octanol–water partition coefficient (Wildman–Crippen LogP) is 2.98. The number of ether oxygens (including phenoxy) is 1. The SMILES string of the molecule is Cc1cccc([C@@H]2C3COc4ccc(F)cc4C3=NN2C(N)=O)c1. The highest BCUT2D eigenvalue weighted by atomic mass is 19.1. The van der Waals surface area contributed by atoms with Crippen molar-refractivity contribution in [2.75, 3.05) is 6.61 Å². The minimum atomic E-state index is -0.638. The monoisotopic (exact) mass is 325 g/mol. The first kappa shape index (κ1) is 14.7.